The van der Waals surface area contributed by atoms with Crippen LogP contribution >= 0.6 is 0 Å². The van der Waals surface area contributed by atoms with Crippen LogP contribution in [0.3, 0.4) is 0 Å². The van der Waals surface area contributed by atoms with Crippen LogP contribution in [0, 0.1) is 0 Å². The van der Waals surface area contributed by atoms with Crippen LogP contribution in [0.25, 0.3) is 0 Å². The molecule has 1 aliphatic rings. The molecule has 0 radical (unpaired) electrons. The second-order valence-electron chi connectivity index (χ2n) is 7.63. The van der Waals surface area contributed by atoms with Crippen molar-refractivity contribution in [2.75, 3.05) is 32.8 Å². The van der Waals surface area contributed by atoms with E-state index in [0.717, 1.165) is 37.9 Å². The quantitative estimate of drug-likeness (QED) is 0.592. The molecule has 6 nitrogen and oxygen atoms in total. The van der Waals surface area contributed by atoms with E-state index in [2.05, 4.69) is 15.5 Å². The summed E-state index contributed by atoms with van der Waals surface area (Å²) >= 11 is 0. The maximum Gasteiger partial charge on any atom is 0.251 e. The van der Waals surface area contributed by atoms with Gasteiger partial charge in [-0.1, -0.05) is 48.5 Å². The van der Waals surface area contributed by atoms with Crippen molar-refractivity contribution >= 4 is 11.8 Å². The Morgan fingerprint density at radius 2 is 1.63 bits per heavy atom. The average molecular weight is 410 g/mol. The number of amides is 2. The monoisotopic (exact) mass is 409 g/mol. The van der Waals surface area contributed by atoms with Gasteiger partial charge in [0.15, 0.2) is 0 Å². The van der Waals surface area contributed by atoms with Crippen LogP contribution in [0.5, 0.6) is 0 Å². The molecule has 0 aliphatic carbocycles. The third-order valence-electron chi connectivity index (χ3n) is 5.23. The van der Waals surface area contributed by atoms with Crippen molar-refractivity contribution in [2.45, 2.75) is 31.9 Å². The fourth-order valence-electron chi connectivity index (χ4n) is 3.52. The van der Waals surface area contributed by atoms with E-state index in [4.69, 9.17) is 4.74 Å². The zero-order chi connectivity index (χ0) is 21.0. The lowest BCUT2D eigenvalue weighted by atomic mass is 10.0. The fourth-order valence-corrected chi connectivity index (χ4v) is 3.52. The number of carbonyl (C=O) groups excluding carboxylic acids is 2. The Balaban J connectivity index is 1.23. The Morgan fingerprint density at radius 3 is 2.33 bits per heavy atom. The van der Waals surface area contributed by atoms with Crippen LogP contribution < -0.4 is 10.6 Å². The van der Waals surface area contributed by atoms with Crippen LogP contribution in [0.4, 0.5) is 0 Å². The molecule has 0 spiro atoms. The van der Waals surface area contributed by atoms with Crippen LogP contribution in [-0.4, -0.2) is 55.5 Å². The topological polar surface area (TPSA) is 70.7 Å². The van der Waals surface area contributed by atoms with E-state index in [1.54, 1.807) is 0 Å². The number of nitrogens with zero attached hydrogens (tertiary/aromatic N) is 1. The maximum atomic E-state index is 12.2. The molecule has 1 aliphatic heterocycles. The number of rotatable bonds is 10. The van der Waals surface area contributed by atoms with Gasteiger partial charge in [0, 0.05) is 37.8 Å². The predicted octanol–water partition coefficient (Wildman–Crippen LogP) is 2.60. The van der Waals surface area contributed by atoms with E-state index in [1.165, 1.54) is 0 Å². The van der Waals surface area contributed by atoms with Gasteiger partial charge in [0.1, 0.15) is 0 Å². The third kappa shape index (κ3) is 7.61. The Morgan fingerprint density at radius 1 is 0.967 bits per heavy atom. The van der Waals surface area contributed by atoms with Gasteiger partial charge in [-0.15, -0.1) is 0 Å². The highest BCUT2D eigenvalue weighted by atomic mass is 16.5. The summed E-state index contributed by atoms with van der Waals surface area (Å²) in [6.45, 7) is 3.88. The Kier molecular flexibility index (Phi) is 8.87. The summed E-state index contributed by atoms with van der Waals surface area (Å²) in [7, 11) is 0. The maximum absolute atomic E-state index is 12.2. The Bertz CT molecular complexity index is 775. The Hall–Kier alpha value is -2.70. The summed E-state index contributed by atoms with van der Waals surface area (Å²) in [5, 5.41) is 6.06. The molecule has 0 bridgehead atoms. The lowest BCUT2D eigenvalue weighted by Crippen LogP contribution is -2.47. The Labute approximate surface area is 178 Å². The third-order valence-corrected chi connectivity index (χ3v) is 5.23. The highest BCUT2D eigenvalue weighted by Gasteiger charge is 2.22. The highest BCUT2D eigenvalue weighted by Crippen LogP contribution is 2.11. The number of carbonyl (C=O) groups is 2. The van der Waals surface area contributed by atoms with Crippen molar-refractivity contribution in [3.63, 3.8) is 0 Å². The molecule has 1 heterocycles. The largest absolute Gasteiger partial charge is 0.377 e. The van der Waals surface area contributed by atoms with E-state index in [1.807, 2.05) is 60.7 Å². The van der Waals surface area contributed by atoms with E-state index in [0.29, 0.717) is 31.9 Å². The van der Waals surface area contributed by atoms with E-state index < -0.39 is 0 Å². The molecule has 2 aromatic rings. The van der Waals surface area contributed by atoms with Crippen molar-refractivity contribution in [1.29, 1.82) is 0 Å². The molecular formula is C24H31N3O3. The molecule has 6 heteroatoms. The first-order valence-electron chi connectivity index (χ1n) is 10.7. The number of hydrogen-bond donors (Lipinski definition) is 2. The standard InChI is InChI=1S/C24H31N3O3/c28-23(25-14-7-17-30-19-20-8-3-1-4-9-20)18-27-15-12-22(13-16-27)26-24(29)21-10-5-2-6-11-21/h1-6,8-11,22H,7,12-19H2,(H,25,28)(H,26,29). The predicted molar refractivity (Wildman–Crippen MR) is 117 cm³/mol. The van der Waals surface area contributed by atoms with E-state index in [9.17, 15) is 9.59 Å². The summed E-state index contributed by atoms with van der Waals surface area (Å²) in [6.07, 6.45) is 2.52. The molecule has 3 rings (SSSR count). The lowest BCUT2D eigenvalue weighted by Gasteiger charge is -2.31. The van der Waals surface area contributed by atoms with Gasteiger partial charge in [0.2, 0.25) is 5.91 Å². The van der Waals surface area contributed by atoms with Gasteiger partial charge in [-0.05, 0) is 37.0 Å². The zero-order valence-electron chi connectivity index (χ0n) is 17.4. The van der Waals surface area contributed by atoms with Crippen LogP contribution in [-0.2, 0) is 16.1 Å². The minimum atomic E-state index is -0.0266. The van der Waals surface area contributed by atoms with Crippen molar-refractivity contribution in [1.82, 2.24) is 15.5 Å². The average Bonchev–Trinajstić information content (AvgIpc) is 2.79. The van der Waals surface area contributed by atoms with Gasteiger partial charge in [0.05, 0.1) is 13.2 Å². The van der Waals surface area contributed by atoms with E-state index in [-0.39, 0.29) is 17.9 Å². The molecule has 0 atom stereocenters. The van der Waals surface area contributed by atoms with Crippen LogP contribution in [0.1, 0.15) is 35.2 Å². The van der Waals surface area contributed by atoms with Crippen LogP contribution in [0.2, 0.25) is 0 Å². The van der Waals surface area contributed by atoms with E-state index >= 15 is 0 Å². The molecule has 0 aromatic heterocycles. The molecule has 160 valence electrons. The second kappa shape index (κ2) is 12.1. The fraction of sp³-hybridized carbons (Fsp3) is 0.417. The van der Waals surface area contributed by atoms with Gasteiger partial charge >= 0.3 is 0 Å². The molecule has 30 heavy (non-hydrogen) atoms. The molecule has 2 amide bonds. The number of ether oxygens (including phenoxy) is 1. The summed E-state index contributed by atoms with van der Waals surface area (Å²) in [4.78, 5) is 26.5. The smallest absolute Gasteiger partial charge is 0.251 e. The van der Waals surface area contributed by atoms with Crippen molar-refractivity contribution in [3.05, 3.63) is 71.8 Å². The van der Waals surface area contributed by atoms with Crippen molar-refractivity contribution in [3.8, 4) is 0 Å². The molecule has 2 aromatic carbocycles. The number of nitrogens with one attached hydrogen (secondary N) is 2. The number of benzene rings is 2. The number of piperidine rings is 1. The van der Waals surface area contributed by atoms with Crippen molar-refractivity contribution < 1.29 is 14.3 Å². The first kappa shape index (κ1) is 22.0. The first-order chi connectivity index (χ1) is 14.7. The minimum absolute atomic E-state index is 0.0266. The molecule has 2 N–H and O–H groups in total. The summed E-state index contributed by atoms with van der Waals surface area (Å²) in [6, 6.07) is 19.5. The molecular weight excluding hydrogens is 378 g/mol. The summed E-state index contributed by atoms with van der Waals surface area (Å²) in [5.74, 6) is 0.0195. The number of hydrogen-bond acceptors (Lipinski definition) is 4. The zero-order valence-corrected chi connectivity index (χ0v) is 17.4. The van der Waals surface area contributed by atoms with Gasteiger partial charge < -0.3 is 15.4 Å². The summed E-state index contributed by atoms with van der Waals surface area (Å²) < 4.78 is 5.63. The lowest BCUT2D eigenvalue weighted by molar-refractivity contribution is -0.122. The van der Waals surface area contributed by atoms with Gasteiger partial charge in [-0.3, -0.25) is 14.5 Å². The van der Waals surface area contributed by atoms with Gasteiger partial charge in [-0.2, -0.15) is 0 Å². The highest BCUT2D eigenvalue weighted by molar-refractivity contribution is 5.94. The SMILES string of the molecule is O=C(CN1CCC(NC(=O)c2ccccc2)CC1)NCCCOCc1ccccc1. The van der Waals surface area contributed by atoms with Crippen molar-refractivity contribution in [2.24, 2.45) is 0 Å². The molecule has 0 saturated carbocycles. The summed E-state index contributed by atoms with van der Waals surface area (Å²) in [5.41, 5.74) is 1.84. The van der Waals surface area contributed by atoms with Crippen LogP contribution in [0.15, 0.2) is 60.7 Å². The van der Waals surface area contributed by atoms with Gasteiger partial charge in [-0.25, -0.2) is 0 Å². The molecule has 1 saturated heterocycles. The second-order valence-corrected chi connectivity index (χ2v) is 7.63. The minimum Gasteiger partial charge on any atom is -0.377 e. The first-order valence-corrected chi connectivity index (χ1v) is 10.7. The molecule has 0 unspecified atom stereocenters. The molecule has 1 fully saturated rings. The normalized spacial score (nSPS) is 14.9. The number of likely N-dealkylation sites (tertiary alicyclic amines) is 1. The van der Waals surface area contributed by atoms with Gasteiger partial charge in [0.25, 0.3) is 5.91 Å².